The molecule has 0 aromatic heterocycles. The van der Waals surface area contributed by atoms with Crippen molar-refractivity contribution in [2.75, 3.05) is 27.3 Å². The van der Waals surface area contributed by atoms with E-state index in [1.165, 1.54) is 12.1 Å². The zero-order chi connectivity index (χ0) is 20.1. The van der Waals surface area contributed by atoms with Crippen molar-refractivity contribution in [3.63, 3.8) is 0 Å². The van der Waals surface area contributed by atoms with E-state index in [4.69, 9.17) is 9.47 Å². The van der Waals surface area contributed by atoms with Gasteiger partial charge in [-0.05, 0) is 50.1 Å². The number of amides is 1. The number of likely N-dealkylation sites (tertiary alicyclic amines) is 1. The Bertz CT molecular complexity index is 810. The van der Waals surface area contributed by atoms with E-state index in [1.54, 1.807) is 26.4 Å². The van der Waals surface area contributed by atoms with Crippen molar-refractivity contribution < 1.29 is 18.7 Å². The predicted molar refractivity (Wildman–Crippen MR) is 106 cm³/mol. The smallest absolute Gasteiger partial charge is 0.234 e. The standard InChI is InChI=1S/C22H27FN2O3/c1-15(16-6-8-17(23)9-7-16)24-22(26)14-25-12-4-5-20(25)19-11-10-18(27-2)13-21(19)28-3/h6-11,13,15,20H,4-5,12,14H2,1-3H3,(H,24,26). The number of ether oxygens (including phenoxy) is 2. The van der Waals surface area contributed by atoms with Gasteiger partial charge in [-0.3, -0.25) is 9.69 Å². The fourth-order valence-corrected chi connectivity index (χ4v) is 3.77. The summed E-state index contributed by atoms with van der Waals surface area (Å²) in [5.41, 5.74) is 1.95. The van der Waals surface area contributed by atoms with Gasteiger partial charge in [0.2, 0.25) is 5.91 Å². The Morgan fingerprint density at radius 1 is 1.21 bits per heavy atom. The average molecular weight is 386 g/mol. The van der Waals surface area contributed by atoms with E-state index in [0.29, 0.717) is 6.54 Å². The van der Waals surface area contributed by atoms with Gasteiger partial charge < -0.3 is 14.8 Å². The highest BCUT2D eigenvalue weighted by Crippen LogP contribution is 2.38. The average Bonchev–Trinajstić information content (AvgIpc) is 3.15. The number of carbonyl (C=O) groups excluding carboxylic acids is 1. The van der Waals surface area contributed by atoms with Crippen LogP contribution < -0.4 is 14.8 Å². The van der Waals surface area contributed by atoms with Crippen LogP contribution in [0.5, 0.6) is 11.5 Å². The van der Waals surface area contributed by atoms with Crippen LogP contribution in [0.2, 0.25) is 0 Å². The molecule has 1 amide bonds. The summed E-state index contributed by atoms with van der Waals surface area (Å²) in [4.78, 5) is 14.8. The Hall–Kier alpha value is -2.60. The first-order valence-electron chi connectivity index (χ1n) is 9.52. The molecule has 0 aliphatic carbocycles. The molecule has 1 N–H and O–H groups in total. The number of hydrogen-bond acceptors (Lipinski definition) is 4. The normalized spacial score (nSPS) is 17.9. The van der Waals surface area contributed by atoms with E-state index in [0.717, 1.165) is 42.0 Å². The number of hydrogen-bond donors (Lipinski definition) is 1. The molecule has 1 saturated heterocycles. The van der Waals surface area contributed by atoms with Crippen molar-refractivity contribution in [1.29, 1.82) is 0 Å². The van der Waals surface area contributed by atoms with Crippen molar-refractivity contribution >= 4 is 5.91 Å². The van der Waals surface area contributed by atoms with Crippen molar-refractivity contribution in [2.24, 2.45) is 0 Å². The van der Waals surface area contributed by atoms with Crippen LogP contribution >= 0.6 is 0 Å². The van der Waals surface area contributed by atoms with Crippen molar-refractivity contribution in [3.8, 4) is 11.5 Å². The largest absolute Gasteiger partial charge is 0.497 e. The quantitative estimate of drug-likeness (QED) is 0.785. The Kier molecular flexibility index (Phi) is 6.52. The molecule has 2 aromatic rings. The van der Waals surface area contributed by atoms with E-state index in [-0.39, 0.29) is 23.8 Å². The maximum absolute atomic E-state index is 13.1. The summed E-state index contributed by atoms with van der Waals surface area (Å²) in [5.74, 6) is 1.19. The lowest BCUT2D eigenvalue weighted by Crippen LogP contribution is -2.38. The van der Waals surface area contributed by atoms with Crippen LogP contribution in [0.4, 0.5) is 4.39 Å². The second kappa shape index (κ2) is 9.06. The van der Waals surface area contributed by atoms with Crippen molar-refractivity contribution in [3.05, 3.63) is 59.4 Å². The van der Waals surface area contributed by atoms with Gasteiger partial charge in [0.15, 0.2) is 0 Å². The van der Waals surface area contributed by atoms with Crippen LogP contribution in [-0.2, 0) is 4.79 Å². The van der Waals surface area contributed by atoms with Gasteiger partial charge >= 0.3 is 0 Å². The van der Waals surface area contributed by atoms with Crippen LogP contribution in [0, 0.1) is 5.82 Å². The molecule has 5 nitrogen and oxygen atoms in total. The van der Waals surface area contributed by atoms with Gasteiger partial charge in [-0.25, -0.2) is 4.39 Å². The molecule has 2 aromatic carbocycles. The highest BCUT2D eigenvalue weighted by molar-refractivity contribution is 5.78. The molecule has 2 atom stereocenters. The number of rotatable bonds is 7. The minimum Gasteiger partial charge on any atom is -0.497 e. The third-order valence-corrected chi connectivity index (χ3v) is 5.26. The molecule has 0 spiro atoms. The molecule has 1 aliphatic rings. The molecule has 0 saturated carbocycles. The maximum Gasteiger partial charge on any atom is 0.234 e. The summed E-state index contributed by atoms with van der Waals surface area (Å²) in [6.07, 6.45) is 2.00. The van der Waals surface area contributed by atoms with Gasteiger partial charge in [0.05, 0.1) is 26.8 Å². The summed E-state index contributed by atoms with van der Waals surface area (Å²) in [5, 5.41) is 3.01. The van der Waals surface area contributed by atoms with Crippen LogP contribution in [0.1, 0.15) is 43.0 Å². The summed E-state index contributed by atoms with van der Waals surface area (Å²) in [6.45, 7) is 3.07. The molecule has 0 bridgehead atoms. The van der Waals surface area contributed by atoms with Gasteiger partial charge in [-0.15, -0.1) is 0 Å². The summed E-state index contributed by atoms with van der Waals surface area (Å²) >= 11 is 0. The zero-order valence-electron chi connectivity index (χ0n) is 16.6. The van der Waals surface area contributed by atoms with E-state index in [1.807, 2.05) is 25.1 Å². The number of carbonyl (C=O) groups is 1. The third kappa shape index (κ3) is 4.62. The fourth-order valence-electron chi connectivity index (χ4n) is 3.77. The van der Waals surface area contributed by atoms with Gasteiger partial charge in [0, 0.05) is 17.7 Å². The summed E-state index contributed by atoms with van der Waals surface area (Å²) < 4.78 is 23.9. The maximum atomic E-state index is 13.1. The molecule has 1 heterocycles. The molecule has 1 fully saturated rings. The Labute approximate surface area is 165 Å². The first kappa shape index (κ1) is 20.1. The molecule has 1 aliphatic heterocycles. The van der Waals surface area contributed by atoms with Gasteiger partial charge in [0.25, 0.3) is 0 Å². The monoisotopic (exact) mass is 386 g/mol. The number of benzene rings is 2. The number of nitrogens with zero attached hydrogens (tertiary/aromatic N) is 1. The van der Waals surface area contributed by atoms with Gasteiger partial charge in [-0.1, -0.05) is 18.2 Å². The highest BCUT2D eigenvalue weighted by atomic mass is 19.1. The molecule has 6 heteroatoms. The van der Waals surface area contributed by atoms with Crippen molar-refractivity contribution in [2.45, 2.75) is 31.8 Å². The molecular weight excluding hydrogens is 359 g/mol. The van der Waals surface area contributed by atoms with Crippen LogP contribution in [0.15, 0.2) is 42.5 Å². The fraction of sp³-hybridized carbons (Fsp3) is 0.409. The number of nitrogens with one attached hydrogen (secondary N) is 1. The van der Waals surface area contributed by atoms with Gasteiger partial charge in [-0.2, -0.15) is 0 Å². The van der Waals surface area contributed by atoms with Crippen LogP contribution in [-0.4, -0.2) is 38.1 Å². The molecule has 3 rings (SSSR count). The molecule has 0 radical (unpaired) electrons. The topological polar surface area (TPSA) is 50.8 Å². The Morgan fingerprint density at radius 3 is 2.64 bits per heavy atom. The first-order valence-corrected chi connectivity index (χ1v) is 9.52. The third-order valence-electron chi connectivity index (χ3n) is 5.26. The number of halogens is 1. The first-order chi connectivity index (χ1) is 13.5. The minimum absolute atomic E-state index is 0.0452. The predicted octanol–water partition coefficient (Wildman–Crippen LogP) is 3.86. The van der Waals surface area contributed by atoms with E-state index < -0.39 is 0 Å². The van der Waals surface area contributed by atoms with E-state index in [9.17, 15) is 9.18 Å². The lowest BCUT2D eigenvalue weighted by atomic mass is 10.0. The molecule has 150 valence electrons. The lowest BCUT2D eigenvalue weighted by molar-refractivity contribution is -0.123. The summed E-state index contributed by atoms with van der Waals surface area (Å²) in [6, 6.07) is 12.0. The van der Waals surface area contributed by atoms with Crippen molar-refractivity contribution in [1.82, 2.24) is 10.2 Å². The lowest BCUT2D eigenvalue weighted by Gasteiger charge is -2.26. The second-order valence-corrected chi connectivity index (χ2v) is 7.08. The number of methoxy groups -OCH3 is 2. The SMILES string of the molecule is COc1ccc(C2CCCN2CC(=O)NC(C)c2ccc(F)cc2)c(OC)c1. The minimum atomic E-state index is -0.282. The Balaban J connectivity index is 1.66. The van der Waals surface area contributed by atoms with Crippen LogP contribution in [0.25, 0.3) is 0 Å². The van der Waals surface area contributed by atoms with Crippen LogP contribution in [0.3, 0.4) is 0 Å². The molecular formula is C22H27FN2O3. The van der Waals surface area contributed by atoms with E-state index in [2.05, 4.69) is 10.2 Å². The molecule has 2 unspecified atom stereocenters. The highest BCUT2D eigenvalue weighted by Gasteiger charge is 2.30. The van der Waals surface area contributed by atoms with E-state index >= 15 is 0 Å². The second-order valence-electron chi connectivity index (χ2n) is 7.08. The summed E-state index contributed by atoms with van der Waals surface area (Å²) in [7, 11) is 3.28. The Morgan fingerprint density at radius 2 is 1.96 bits per heavy atom. The van der Waals surface area contributed by atoms with Gasteiger partial charge in [0.1, 0.15) is 17.3 Å². The zero-order valence-corrected chi connectivity index (χ0v) is 16.6. The molecule has 28 heavy (non-hydrogen) atoms.